The van der Waals surface area contributed by atoms with Crippen LogP contribution in [-0.2, 0) is 16.1 Å². The van der Waals surface area contributed by atoms with E-state index in [1.54, 1.807) is 6.92 Å². The van der Waals surface area contributed by atoms with Crippen LogP contribution in [-0.4, -0.2) is 17.1 Å². The number of fused-ring (bicyclic) bond motifs is 3. The molecule has 0 fully saturated rings. The summed E-state index contributed by atoms with van der Waals surface area (Å²) in [6, 6.07) is 10.2. The molecular formula is C18H20N2O2. The van der Waals surface area contributed by atoms with Crippen molar-refractivity contribution in [3.63, 3.8) is 0 Å². The van der Waals surface area contributed by atoms with Crippen LogP contribution in [0.1, 0.15) is 26.0 Å². The van der Waals surface area contributed by atoms with Crippen LogP contribution in [0, 0.1) is 0 Å². The van der Waals surface area contributed by atoms with Crippen molar-refractivity contribution in [2.24, 2.45) is 5.73 Å². The second-order valence-corrected chi connectivity index (χ2v) is 5.29. The number of rotatable bonds is 3. The SMILES string of the molecule is CCOC(=O)C1=C(N)c2cc3ccccc3n2CC=C1CC. The van der Waals surface area contributed by atoms with E-state index in [0.717, 1.165) is 28.6 Å². The second-order valence-electron chi connectivity index (χ2n) is 5.29. The van der Waals surface area contributed by atoms with Gasteiger partial charge in [0.25, 0.3) is 0 Å². The quantitative estimate of drug-likeness (QED) is 0.885. The molecule has 0 amide bonds. The molecule has 0 unspecified atom stereocenters. The number of nitrogens with zero attached hydrogens (tertiary/aromatic N) is 1. The molecule has 22 heavy (non-hydrogen) atoms. The van der Waals surface area contributed by atoms with Crippen LogP contribution in [0.15, 0.2) is 47.6 Å². The zero-order valence-electron chi connectivity index (χ0n) is 12.9. The maximum Gasteiger partial charge on any atom is 0.340 e. The summed E-state index contributed by atoms with van der Waals surface area (Å²) in [6.45, 7) is 4.87. The number of benzene rings is 1. The molecule has 0 bridgehead atoms. The highest BCUT2D eigenvalue weighted by molar-refractivity contribution is 6.02. The maximum absolute atomic E-state index is 12.3. The Morgan fingerprint density at radius 1 is 1.32 bits per heavy atom. The Balaban J connectivity index is 2.24. The number of para-hydroxylation sites is 1. The molecule has 0 atom stereocenters. The number of esters is 1. The highest BCUT2D eigenvalue weighted by atomic mass is 16.5. The van der Waals surface area contributed by atoms with Gasteiger partial charge in [0.2, 0.25) is 0 Å². The molecule has 0 aliphatic carbocycles. The molecule has 0 saturated carbocycles. The zero-order chi connectivity index (χ0) is 15.7. The first-order chi connectivity index (χ1) is 10.7. The molecule has 4 nitrogen and oxygen atoms in total. The Labute approximate surface area is 129 Å². The van der Waals surface area contributed by atoms with Gasteiger partial charge in [-0.2, -0.15) is 0 Å². The third-order valence-corrected chi connectivity index (χ3v) is 4.06. The van der Waals surface area contributed by atoms with Gasteiger partial charge in [0.15, 0.2) is 0 Å². The van der Waals surface area contributed by atoms with Gasteiger partial charge in [-0.25, -0.2) is 4.79 Å². The van der Waals surface area contributed by atoms with E-state index in [1.807, 2.05) is 25.1 Å². The Hall–Kier alpha value is -2.49. The summed E-state index contributed by atoms with van der Waals surface area (Å²) < 4.78 is 7.35. The van der Waals surface area contributed by atoms with Gasteiger partial charge in [0, 0.05) is 17.4 Å². The average Bonchev–Trinajstić information content (AvgIpc) is 2.83. The van der Waals surface area contributed by atoms with E-state index >= 15 is 0 Å². The lowest BCUT2D eigenvalue weighted by Crippen LogP contribution is -2.15. The minimum atomic E-state index is -0.341. The van der Waals surface area contributed by atoms with Crippen LogP contribution in [0.2, 0.25) is 0 Å². The maximum atomic E-state index is 12.3. The summed E-state index contributed by atoms with van der Waals surface area (Å²) >= 11 is 0. The number of carbonyl (C=O) groups is 1. The van der Waals surface area contributed by atoms with E-state index in [0.29, 0.717) is 24.4 Å². The molecule has 114 valence electrons. The fourth-order valence-electron chi connectivity index (χ4n) is 3.00. The number of hydrogen-bond donors (Lipinski definition) is 1. The topological polar surface area (TPSA) is 57.2 Å². The second kappa shape index (κ2) is 5.72. The molecule has 3 rings (SSSR count). The van der Waals surface area contributed by atoms with Crippen LogP contribution < -0.4 is 5.73 Å². The first kappa shape index (κ1) is 14.4. The number of hydrogen-bond acceptors (Lipinski definition) is 3. The van der Waals surface area contributed by atoms with Crippen LogP contribution in [0.3, 0.4) is 0 Å². The molecular weight excluding hydrogens is 276 g/mol. The Kier molecular flexibility index (Phi) is 3.75. The van der Waals surface area contributed by atoms with Gasteiger partial charge in [-0.05, 0) is 31.1 Å². The minimum absolute atomic E-state index is 0.341. The molecule has 1 aliphatic heterocycles. The fourth-order valence-corrected chi connectivity index (χ4v) is 3.00. The predicted octanol–water partition coefficient (Wildman–Crippen LogP) is 3.22. The van der Waals surface area contributed by atoms with Crippen molar-refractivity contribution in [1.29, 1.82) is 0 Å². The predicted molar refractivity (Wildman–Crippen MR) is 88.1 cm³/mol. The summed E-state index contributed by atoms with van der Waals surface area (Å²) in [7, 11) is 0. The number of allylic oxidation sites excluding steroid dienone is 1. The summed E-state index contributed by atoms with van der Waals surface area (Å²) in [6.07, 6.45) is 2.82. The van der Waals surface area contributed by atoms with Crippen molar-refractivity contribution < 1.29 is 9.53 Å². The number of nitrogens with two attached hydrogens (primary N) is 1. The van der Waals surface area contributed by atoms with Gasteiger partial charge in [0.1, 0.15) is 0 Å². The number of carbonyl (C=O) groups excluding carboxylic acids is 1. The van der Waals surface area contributed by atoms with Crippen LogP contribution >= 0.6 is 0 Å². The monoisotopic (exact) mass is 296 g/mol. The highest BCUT2D eigenvalue weighted by Gasteiger charge is 2.24. The standard InChI is InChI=1S/C18H20N2O2/c1-3-12-9-10-20-14-8-6-5-7-13(14)11-15(20)17(19)16(12)18(21)22-4-2/h5-9,11H,3-4,10,19H2,1-2H3. The van der Waals surface area contributed by atoms with Crippen molar-refractivity contribution >= 4 is 22.6 Å². The Morgan fingerprint density at radius 2 is 2.09 bits per heavy atom. The third-order valence-electron chi connectivity index (χ3n) is 4.06. The fraction of sp³-hybridized carbons (Fsp3) is 0.278. The van der Waals surface area contributed by atoms with Gasteiger partial charge in [-0.3, -0.25) is 0 Å². The molecule has 2 aromatic rings. The highest BCUT2D eigenvalue weighted by Crippen LogP contribution is 2.31. The molecule has 1 aromatic carbocycles. The molecule has 2 N–H and O–H groups in total. The third kappa shape index (κ3) is 2.21. The first-order valence-corrected chi connectivity index (χ1v) is 7.62. The minimum Gasteiger partial charge on any atom is -0.462 e. The average molecular weight is 296 g/mol. The van der Waals surface area contributed by atoms with Gasteiger partial charge in [-0.15, -0.1) is 0 Å². The Morgan fingerprint density at radius 3 is 2.82 bits per heavy atom. The van der Waals surface area contributed by atoms with Gasteiger partial charge >= 0.3 is 5.97 Å². The zero-order valence-corrected chi connectivity index (χ0v) is 12.9. The molecule has 1 aliphatic rings. The van der Waals surface area contributed by atoms with Crippen LogP contribution in [0.25, 0.3) is 16.6 Å². The van der Waals surface area contributed by atoms with Gasteiger partial charge < -0.3 is 15.0 Å². The van der Waals surface area contributed by atoms with Crippen molar-refractivity contribution in [3.8, 4) is 0 Å². The molecule has 1 aromatic heterocycles. The van der Waals surface area contributed by atoms with E-state index in [4.69, 9.17) is 10.5 Å². The van der Waals surface area contributed by atoms with E-state index in [-0.39, 0.29) is 5.97 Å². The van der Waals surface area contributed by atoms with Crippen molar-refractivity contribution in [2.45, 2.75) is 26.8 Å². The molecule has 0 radical (unpaired) electrons. The first-order valence-electron chi connectivity index (χ1n) is 7.62. The molecule has 0 saturated heterocycles. The molecule has 0 spiro atoms. The van der Waals surface area contributed by atoms with Gasteiger partial charge in [0.05, 0.1) is 23.6 Å². The van der Waals surface area contributed by atoms with Crippen molar-refractivity contribution in [2.75, 3.05) is 6.61 Å². The van der Waals surface area contributed by atoms with Crippen molar-refractivity contribution in [1.82, 2.24) is 4.57 Å². The van der Waals surface area contributed by atoms with Crippen molar-refractivity contribution in [3.05, 3.63) is 53.2 Å². The normalized spacial score (nSPS) is 14.5. The number of aromatic nitrogens is 1. The molecule has 4 heteroatoms. The Bertz CT molecular complexity index is 797. The van der Waals surface area contributed by atoms with Gasteiger partial charge in [-0.1, -0.05) is 31.2 Å². The molecule has 2 heterocycles. The lowest BCUT2D eigenvalue weighted by molar-refractivity contribution is -0.138. The lowest BCUT2D eigenvalue weighted by atomic mass is 10.0. The lowest BCUT2D eigenvalue weighted by Gasteiger charge is -2.11. The smallest absolute Gasteiger partial charge is 0.340 e. The summed E-state index contributed by atoms with van der Waals surface area (Å²) in [4.78, 5) is 12.3. The van der Waals surface area contributed by atoms with E-state index in [9.17, 15) is 4.79 Å². The van der Waals surface area contributed by atoms with E-state index < -0.39 is 0 Å². The van der Waals surface area contributed by atoms with E-state index in [2.05, 4.69) is 22.8 Å². The van der Waals surface area contributed by atoms with E-state index in [1.165, 1.54) is 0 Å². The summed E-state index contributed by atoms with van der Waals surface area (Å²) in [5, 5.41) is 1.12. The number of ether oxygens (including phenoxy) is 1. The summed E-state index contributed by atoms with van der Waals surface area (Å²) in [5.41, 5.74) is 10.3. The van der Waals surface area contributed by atoms with Crippen LogP contribution in [0.4, 0.5) is 0 Å². The summed E-state index contributed by atoms with van der Waals surface area (Å²) in [5.74, 6) is -0.341. The van der Waals surface area contributed by atoms with Crippen LogP contribution in [0.5, 0.6) is 0 Å². The largest absolute Gasteiger partial charge is 0.462 e.